The van der Waals surface area contributed by atoms with Crippen LogP contribution in [0.25, 0.3) is 0 Å². The van der Waals surface area contributed by atoms with Crippen molar-refractivity contribution in [1.29, 1.82) is 0 Å². The Kier molecular flexibility index (Phi) is 5.23. The highest BCUT2D eigenvalue weighted by molar-refractivity contribution is 4.94. The molecule has 0 radical (unpaired) electrons. The van der Waals surface area contributed by atoms with Crippen LogP contribution in [0.3, 0.4) is 0 Å². The zero-order valence-corrected chi connectivity index (χ0v) is 13.3. The Labute approximate surface area is 119 Å². The van der Waals surface area contributed by atoms with Gasteiger partial charge in [-0.25, -0.2) is 0 Å². The van der Waals surface area contributed by atoms with Crippen LogP contribution in [-0.2, 0) is 0 Å². The van der Waals surface area contributed by atoms with E-state index in [-0.39, 0.29) is 0 Å². The van der Waals surface area contributed by atoms with Gasteiger partial charge in [-0.3, -0.25) is 4.90 Å². The van der Waals surface area contributed by atoms with Gasteiger partial charge < -0.3 is 15.1 Å². The zero-order valence-electron chi connectivity index (χ0n) is 13.3. The average Bonchev–Trinajstić information content (AvgIpc) is 2.38. The largest absolute Gasteiger partial charge is 0.314 e. The number of likely N-dealkylation sites (tertiary alicyclic amines) is 1. The molecule has 0 aliphatic carbocycles. The maximum absolute atomic E-state index is 3.47. The number of nitrogens with zero attached hydrogens (tertiary/aromatic N) is 3. The van der Waals surface area contributed by atoms with Crippen LogP contribution in [0.4, 0.5) is 0 Å². The number of hydrogen-bond acceptors (Lipinski definition) is 4. The third kappa shape index (κ3) is 4.15. The summed E-state index contributed by atoms with van der Waals surface area (Å²) in [5.41, 5.74) is 0.464. The van der Waals surface area contributed by atoms with E-state index in [2.05, 4.69) is 48.0 Å². The molecular weight excluding hydrogens is 236 g/mol. The van der Waals surface area contributed by atoms with Crippen LogP contribution >= 0.6 is 0 Å². The first kappa shape index (κ1) is 15.2. The molecule has 2 aliphatic heterocycles. The minimum absolute atomic E-state index is 0.464. The van der Waals surface area contributed by atoms with E-state index < -0.39 is 0 Å². The highest BCUT2D eigenvalue weighted by atomic mass is 15.3. The van der Waals surface area contributed by atoms with Gasteiger partial charge in [-0.2, -0.15) is 0 Å². The molecule has 112 valence electrons. The van der Waals surface area contributed by atoms with Crippen molar-refractivity contribution in [3.05, 3.63) is 0 Å². The lowest BCUT2D eigenvalue weighted by Gasteiger charge is -2.50. The molecule has 1 N–H and O–H groups in total. The van der Waals surface area contributed by atoms with Crippen LogP contribution in [0.2, 0.25) is 0 Å². The van der Waals surface area contributed by atoms with E-state index in [0.29, 0.717) is 5.41 Å². The van der Waals surface area contributed by atoms with Gasteiger partial charge in [0.25, 0.3) is 0 Å². The molecule has 0 aromatic carbocycles. The van der Waals surface area contributed by atoms with Crippen molar-refractivity contribution in [2.75, 3.05) is 66.5 Å². The lowest BCUT2D eigenvalue weighted by atomic mass is 9.77. The Morgan fingerprint density at radius 2 is 1.84 bits per heavy atom. The summed E-state index contributed by atoms with van der Waals surface area (Å²) >= 11 is 0. The summed E-state index contributed by atoms with van der Waals surface area (Å²) in [6.45, 7) is 14.6. The van der Waals surface area contributed by atoms with E-state index in [1.807, 2.05) is 0 Å². The molecule has 0 saturated carbocycles. The highest BCUT2D eigenvalue weighted by Gasteiger charge is 2.39. The van der Waals surface area contributed by atoms with Gasteiger partial charge in [0.2, 0.25) is 0 Å². The molecule has 4 nitrogen and oxygen atoms in total. The molecule has 0 aromatic rings. The minimum atomic E-state index is 0.464. The van der Waals surface area contributed by atoms with Crippen molar-refractivity contribution in [3.8, 4) is 0 Å². The molecule has 2 rings (SSSR count). The molecular formula is C15H32N4. The summed E-state index contributed by atoms with van der Waals surface area (Å²) in [4.78, 5) is 7.68. The van der Waals surface area contributed by atoms with E-state index in [4.69, 9.17) is 0 Å². The topological polar surface area (TPSA) is 21.8 Å². The molecule has 2 saturated heterocycles. The van der Waals surface area contributed by atoms with Crippen molar-refractivity contribution in [1.82, 2.24) is 20.0 Å². The van der Waals surface area contributed by atoms with Crippen molar-refractivity contribution in [3.63, 3.8) is 0 Å². The van der Waals surface area contributed by atoms with Gasteiger partial charge in [0.05, 0.1) is 0 Å². The second kappa shape index (κ2) is 6.53. The maximum Gasteiger partial charge on any atom is 0.0275 e. The first-order valence-electron chi connectivity index (χ1n) is 7.81. The van der Waals surface area contributed by atoms with Gasteiger partial charge in [-0.05, 0) is 32.5 Å². The summed E-state index contributed by atoms with van der Waals surface area (Å²) in [6, 6.07) is 0.727. The fraction of sp³-hybridized carbons (Fsp3) is 1.00. The standard InChI is InChI=1S/C15H32N4/c1-15(2)5-8-18(12-11-17(3)4)13-14(15)19-9-6-16-7-10-19/h14,16H,5-13H2,1-4H3. The molecule has 19 heavy (non-hydrogen) atoms. The summed E-state index contributed by atoms with van der Waals surface area (Å²) in [5, 5.41) is 3.47. The lowest BCUT2D eigenvalue weighted by molar-refractivity contribution is -0.000490. The first-order chi connectivity index (χ1) is 8.99. The normalized spacial score (nSPS) is 29.8. The predicted molar refractivity (Wildman–Crippen MR) is 81.6 cm³/mol. The van der Waals surface area contributed by atoms with E-state index in [9.17, 15) is 0 Å². The average molecular weight is 268 g/mol. The van der Waals surface area contributed by atoms with Crippen LogP contribution in [-0.4, -0.2) is 87.2 Å². The van der Waals surface area contributed by atoms with Crippen molar-refractivity contribution in [2.24, 2.45) is 5.41 Å². The number of likely N-dealkylation sites (N-methyl/N-ethyl adjacent to an activating group) is 1. The van der Waals surface area contributed by atoms with Gasteiger partial charge in [0, 0.05) is 51.9 Å². The number of rotatable bonds is 4. The summed E-state index contributed by atoms with van der Waals surface area (Å²) in [7, 11) is 4.34. The Balaban J connectivity index is 1.92. The van der Waals surface area contributed by atoms with Crippen molar-refractivity contribution in [2.45, 2.75) is 26.3 Å². The second-order valence-electron chi connectivity index (χ2n) is 7.14. The molecule has 1 unspecified atom stereocenters. The van der Waals surface area contributed by atoms with E-state index in [1.54, 1.807) is 0 Å². The number of piperidine rings is 1. The third-order valence-corrected chi connectivity index (χ3v) is 4.86. The van der Waals surface area contributed by atoms with E-state index in [1.165, 1.54) is 45.7 Å². The molecule has 0 aromatic heterocycles. The number of hydrogen-bond donors (Lipinski definition) is 1. The maximum atomic E-state index is 3.47. The Morgan fingerprint density at radius 1 is 1.16 bits per heavy atom. The molecule has 0 spiro atoms. The van der Waals surface area contributed by atoms with Gasteiger partial charge in [-0.15, -0.1) is 0 Å². The SMILES string of the molecule is CN(C)CCN1CCC(C)(C)C(N2CCNCC2)C1. The van der Waals surface area contributed by atoms with Gasteiger partial charge in [0.1, 0.15) is 0 Å². The number of piperazine rings is 1. The smallest absolute Gasteiger partial charge is 0.0275 e. The molecule has 2 heterocycles. The monoisotopic (exact) mass is 268 g/mol. The van der Waals surface area contributed by atoms with Crippen LogP contribution < -0.4 is 5.32 Å². The molecule has 0 bridgehead atoms. The summed E-state index contributed by atoms with van der Waals surface area (Å²) < 4.78 is 0. The van der Waals surface area contributed by atoms with Gasteiger partial charge in [-0.1, -0.05) is 13.8 Å². The molecule has 4 heteroatoms. The minimum Gasteiger partial charge on any atom is -0.314 e. The van der Waals surface area contributed by atoms with E-state index >= 15 is 0 Å². The van der Waals surface area contributed by atoms with Crippen molar-refractivity contribution >= 4 is 0 Å². The molecule has 2 fully saturated rings. The third-order valence-electron chi connectivity index (χ3n) is 4.86. The fourth-order valence-corrected chi connectivity index (χ4v) is 3.34. The second-order valence-corrected chi connectivity index (χ2v) is 7.14. The van der Waals surface area contributed by atoms with Crippen LogP contribution in [0, 0.1) is 5.41 Å². The lowest BCUT2D eigenvalue weighted by Crippen LogP contribution is -2.60. The van der Waals surface area contributed by atoms with E-state index in [0.717, 1.165) is 19.1 Å². The Bertz CT molecular complexity index is 269. The molecule has 1 atom stereocenters. The zero-order chi connectivity index (χ0) is 13.9. The van der Waals surface area contributed by atoms with Gasteiger partial charge >= 0.3 is 0 Å². The first-order valence-corrected chi connectivity index (χ1v) is 7.81. The Hall–Kier alpha value is -0.160. The van der Waals surface area contributed by atoms with Crippen LogP contribution in [0.1, 0.15) is 20.3 Å². The summed E-state index contributed by atoms with van der Waals surface area (Å²) in [6.07, 6.45) is 1.33. The quantitative estimate of drug-likeness (QED) is 0.804. The molecule has 0 amide bonds. The number of nitrogens with one attached hydrogen (secondary N) is 1. The van der Waals surface area contributed by atoms with Crippen LogP contribution in [0.15, 0.2) is 0 Å². The molecule has 2 aliphatic rings. The summed E-state index contributed by atoms with van der Waals surface area (Å²) in [5.74, 6) is 0. The Morgan fingerprint density at radius 3 is 2.47 bits per heavy atom. The van der Waals surface area contributed by atoms with Crippen LogP contribution in [0.5, 0.6) is 0 Å². The fourth-order valence-electron chi connectivity index (χ4n) is 3.34. The highest BCUT2D eigenvalue weighted by Crippen LogP contribution is 2.33. The predicted octanol–water partition coefficient (Wildman–Crippen LogP) is 0.554. The van der Waals surface area contributed by atoms with Gasteiger partial charge in [0.15, 0.2) is 0 Å². The van der Waals surface area contributed by atoms with Crippen molar-refractivity contribution < 1.29 is 0 Å².